The third kappa shape index (κ3) is 15.2. The van der Waals surface area contributed by atoms with Crippen LogP contribution in [0.1, 0.15) is 91.4 Å². The molecule has 0 spiro atoms. The molecule has 0 fully saturated rings. The first-order chi connectivity index (χ1) is 11.1. The second-order valence-corrected chi connectivity index (χ2v) is 7.95. The number of rotatable bonds is 17. The quantitative estimate of drug-likeness (QED) is 0.244. The van der Waals surface area contributed by atoms with Gasteiger partial charge in [-0.3, -0.25) is 0 Å². The molecule has 0 aromatic rings. The molecule has 2 nitrogen and oxygen atoms in total. The Morgan fingerprint density at radius 2 is 1.00 bits per heavy atom. The molecule has 0 aromatic heterocycles. The fourth-order valence-corrected chi connectivity index (χ4v) is 3.40. The summed E-state index contributed by atoms with van der Waals surface area (Å²) in [6.07, 6.45) is 15.7. The van der Waals surface area contributed by atoms with Crippen LogP contribution in [0.25, 0.3) is 0 Å². The van der Waals surface area contributed by atoms with E-state index < -0.39 is 0 Å². The van der Waals surface area contributed by atoms with Gasteiger partial charge in [-0.05, 0) is 25.9 Å². The van der Waals surface area contributed by atoms with Gasteiger partial charge in [0.1, 0.15) is 0 Å². The van der Waals surface area contributed by atoms with E-state index in [1.165, 1.54) is 108 Å². The molecule has 0 rings (SSSR count). The van der Waals surface area contributed by atoms with Crippen LogP contribution >= 0.6 is 0 Å². The van der Waals surface area contributed by atoms with E-state index in [1.807, 2.05) is 0 Å². The average Bonchev–Trinajstić information content (AvgIpc) is 2.53. The maximum Gasteiger partial charge on any atom is 0.0794 e. The first-order valence-corrected chi connectivity index (χ1v) is 10.6. The van der Waals surface area contributed by atoms with Gasteiger partial charge in [-0.1, -0.05) is 72.1 Å². The SMILES string of the molecule is CCCCCCCCCCCC[N+](C)(C)CCCN(CC)CC. The predicted octanol–water partition coefficient (Wildman–Crippen LogP) is 5.72. The second-order valence-electron chi connectivity index (χ2n) is 7.95. The van der Waals surface area contributed by atoms with Crippen molar-refractivity contribution >= 4 is 0 Å². The van der Waals surface area contributed by atoms with E-state index in [0.29, 0.717) is 0 Å². The fourth-order valence-electron chi connectivity index (χ4n) is 3.40. The van der Waals surface area contributed by atoms with Crippen molar-refractivity contribution < 1.29 is 4.48 Å². The summed E-state index contributed by atoms with van der Waals surface area (Å²) in [5.74, 6) is 0. The van der Waals surface area contributed by atoms with Crippen LogP contribution in [0.5, 0.6) is 0 Å². The summed E-state index contributed by atoms with van der Waals surface area (Å²) in [5, 5.41) is 0. The zero-order chi connectivity index (χ0) is 17.4. The Labute approximate surface area is 148 Å². The third-order valence-electron chi connectivity index (χ3n) is 5.25. The zero-order valence-electron chi connectivity index (χ0n) is 17.2. The topological polar surface area (TPSA) is 3.24 Å². The highest BCUT2D eigenvalue weighted by molar-refractivity contribution is 4.52. The van der Waals surface area contributed by atoms with Crippen LogP contribution in [0.2, 0.25) is 0 Å². The average molecular weight is 328 g/mol. The molecule has 0 saturated heterocycles. The molecule has 23 heavy (non-hydrogen) atoms. The number of unbranched alkanes of at least 4 members (excludes halogenated alkanes) is 9. The number of quaternary nitrogens is 1. The van der Waals surface area contributed by atoms with Gasteiger partial charge in [-0.25, -0.2) is 0 Å². The van der Waals surface area contributed by atoms with Crippen LogP contribution in [0, 0.1) is 0 Å². The lowest BCUT2D eigenvalue weighted by Crippen LogP contribution is -2.42. The summed E-state index contributed by atoms with van der Waals surface area (Å²) in [6, 6.07) is 0. The van der Waals surface area contributed by atoms with Crippen molar-refractivity contribution in [2.45, 2.75) is 91.4 Å². The van der Waals surface area contributed by atoms with Gasteiger partial charge in [0.25, 0.3) is 0 Å². The summed E-state index contributed by atoms with van der Waals surface area (Å²) < 4.78 is 1.21. The zero-order valence-corrected chi connectivity index (χ0v) is 17.2. The van der Waals surface area contributed by atoms with E-state index in [4.69, 9.17) is 0 Å². The molecule has 0 amide bonds. The van der Waals surface area contributed by atoms with Gasteiger partial charge in [-0.15, -0.1) is 0 Å². The minimum atomic E-state index is 1.20. The van der Waals surface area contributed by atoms with E-state index in [9.17, 15) is 0 Å². The molecule has 0 aliphatic heterocycles. The second kappa shape index (κ2) is 15.4. The Hall–Kier alpha value is -0.0800. The van der Waals surface area contributed by atoms with Crippen molar-refractivity contribution in [3.63, 3.8) is 0 Å². The van der Waals surface area contributed by atoms with E-state index in [2.05, 4.69) is 39.8 Å². The summed E-state index contributed by atoms with van der Waals surface area (Å²) >= 11 is 0. The smallest absolute Gasteiger partial charge is 0.0794 e. The molecule has 0 aromatic carbocycles. The Morgan fingerprint density at radius 3 is 1.48 bits per heavy atom. The first kappa shape index (κ1) is 22.9. The Kier molecular flexibility index (Phi) is 15.4. The highest BCUT2D eigenvalue weighted by Gasteiger charge is 2.14. The van der Waals surface area contributed by atoms with Crippen LogP contribution in [0.15, 0.2) is 0 Å². The predicted molar refractivity (Wildman–Crippen MR) is 106 cm³/mol. The van der Waals surface area contributed by atoms with E-state index in [1.54, 1.807) is 0 Å². The van der Waals surface area contributed by atoms with Crippen molar-refractivity contribution in [2.75, 3.05) is 46.8 Å². The lowest BCUT2D eigenvalue weighted by molar-refractivity contribution is -0.890. The van der Waals surface area contributed by atoms with Crippen LogP contribution < -0.4 is 0 Å². The number of hydrogen-bond donors (Lipinski definition) is 0. The number of hydrogen-bond acceptors (Lipinski definition) is 1. The molecule has 2 heteroatoms. The van der Waals surface area contributed by atoms with E-state index in [-0.39, 0.29) is 0 Å². The largest absolute Gasteiger partial charge is 0.328 e. The summed E-state index contributed by atoms with van der Waals surface area (Å²) in [6.45, 7) is 13.2. The molecule has 0 unspecified atom stereocenters. The van der Waals surface area contributed by atoms with Crippen molar-refractivity contribution in [1.29, 1.82) is 0 Å². The molecule has 0 N–H and O–H groups in total. The lowest BCUT2D eigenvalue weighted by Gasteiger charge is -2.31. The van der Waals surface area contributed by atoms with Crippen molar-refractivity contribution in [3.8, 4) is 0 Å². The monoisotopic (exact) mass is 327 g/mol. The number of nitrogens with zero attached hydrogens (tertiary/aromatic N) is 2. The molecular formula is C21H47N2+. The van der Waals surface area contributed by atoms with Gasteiger partial charge < -0.3 is 9.38 Å². The highest BCUT2D eigenvalue weighted by atomic mass is 15.3. The van der Waals surface area contributed by atoms with Gasteiger partial charge in [-0.2, -0.15) is 0 Å². The minimum Gasteiger partial charge on any atom is -0.328 e. The minimum absolute atomic E-state index is 1.20. The first-order valence-electron chi connectivity index (χ1n) is 10.6. The Bertz CT molecular complexity index is 234. The third-order valence-corrected chi connectivity index (χ3v) is 5.25. The summed E-state index contributed by atoms with van der Waals surface area (Å²) in [5.41, 5.74) is 0. The van der Waals surface area contributed by atoms with Gasteiger partial charge in [0.15, 0.2) is 0 Å². The van der Waals surface area contributed by atoms with Gasteiger partial charge in [0.05, 0.1) is 27.2 Å². The summed E-state index contributed by atoms with van der Waals surface area (Å²) in [4.78, 5) is 2.54. The van der Waals surface area contributed by atoms with Crippen LogP contribution in [-0.4, -0.2) is 56.2 Å². The molecule has 0 aliphatic rings. The van der Waals surface area contributed by atoms with Crippen LogP contribution in [0.3, 0.4) is 0 Å². The standard InChI is InChI=1S/C21H47N2/c1-6-9-10-11-12-13-14-15-16-17-20-23(4,5)21-18-19-22(7-2)8-3/h6-21H2,1-5H3/q+1. The molecule has 0 bridgehead atoms. The van der Waals surface area contributed by atoms with Gasteiger partial charge in [0, 0.05) is 13.0 Å². The lowest BCUT2D eigenvalue weighted by atomic mass is 10.1. The van der Waals surface area contributed by atoms with Crippen LogP contribution in [-0.2, 0) is 0 Å². The molecule has 0 aliphatic carbocycles. The molecule has 0 heterocycles. The molecule has 0 radical (unpaired) electrons. The Morgan fingerprint density at radius 1 is 0.565 bits per heavy atom. The van der Waals surface area contributed by atoms with Gasteiger partial charge in [0.2, 0.25) is 0 Å². The summed E-state index contributed by atoms with van der Waals surface area (Å²) in [7, 11) is 4.83. The molecule has 0 atom stereocenters. The Balaban J connectivity index is 3.44. The normalized spacial score (nSPS) is 12.3. The van der Waals surface area contributed by atoms with Crippen molar-refractivity contribution in [1.82, 2.24) is 4.90 Å². The van der Waals surface area contributed by atoms with E-state index in [0.717, 1.165) is 0 Å². The highest BCUT2D eigenvalue weighted by Crippen LogP contribution is 2.12. The molecule has 140 valence electrons. The van der Waals surface area contributed by atoms with Crippen molar-refractivity contribution in [2.24, 2.45) is 0 Å². The maximum atomic E-state index is 2.54. The fraction of sp³-hybridized carbons (Fsp3) is 1.00. The van der Waals surface area contributed by atoms with E-state index >= 15 is 0 Å². The molecule has 0 saturated carbocycles. The maximum absolute atomic E-state index is 2.54. The van der Waals surface area contributed by atoms with Crippen LogP contribution in [0.4, 0.5) is 0 Å². The van der Waals surface area contributed by atoms with Gasteiger partial charge >= 0.3 is 0 Å². The molecular weight excluding hydrogens is 280 g/mol. The van der Waals surface area contributed by atoms with Crippen molar-refractivity contribution in [3.05, 3.63) is 0 Å².